The number of hydrogen-bond donors (Lipinski definition) is 0. The number of aryl methyl sites for hydroxylation is 1. The van der Waals surface area contributed by atoms with Gasteiger partial charge in [0.15, 0.2) is 17.3 Å². The summed E-state index contributed by atoms with van der Waals surface area (Å²) in [7, 11) is 0. The summed E-state index contributed by atoms with van der Waals surface area (Å²) >= 11 is 0. The first-order valence-electron chi connectivity index (χ1n) is 7.28. The van der Waals surface area contributed by atoms with Gasteiger partial charge in [0.25, 0.3) is 0 Å². The van der Waals surface area contributed by atoms with Crippen molar-refractivity contribution >= 4 is 17.3 Å². The van der Waals surface area contributed by atoms with Crippen LogP contribution in [0.5, 0.6) is 0 Å². The number of nitrogens with zero attached hydrogens (tertiary/aromatic N) is 8. The highest BCUT2D eigenvalue weighted by Crippen LogP contribution is 2.17. The van der Waals surface area contributed by atoms with Crippen LogP contribution in [-0.4, -0.2) is 56.2 Å². The predicted molar refractivity (Wildman–Crippen MR) is 82.0 cm³/mol. The molecule has 1 aliphatic heterocycles. The van der Waals surface area contributed by atoms with Crippen molar-refractivity contribution in [2.45, 2.75) is 6.92 Å². The van der Waals surface area contributed by atoms with Crippen molar-refractivity contribution in [3.63, 3.8) is 0 Å². The van der Waals surface area contributed by atoms with Gasteiger partial charge in [-0.1, -0.05) is 0 Å². The number of rotatable bonds is 2. The standard InChI is InChI=1S/C14H16N8/c1-11-16-18-13-4-5-14(19-22(11)13)21-9-7-20(8-10-21)12-3-2-6-15-17-12/h2-6H,7-10H2,1H3. The molecule has 0 spiro atoms. The van der Waals surface area contributed by atoms with Gasteiger partial charge in [0, 0.05) is 32.4 Å². The molecule has 0 aliphatic carbocycles. The van der Waals surface area contributed by atoms with Crippen LogP contribution < -0.4 is 9.80 Å². The van der Waals surface area contributed by atoms with Crippen molar-refractivity contribution < 1.29 is 0 Å². The molecule has 3 aromatic heterocycles. The van der Waals surface area contributed by atoms with Crippen LogP contribution in [0.2, 0.25) is 0 Å². The minimum atomic E-state index is 0.777. The molecular formula is C14H16N8. The lowest BCUT2D eigenvalue weighted by Gasteiger charge is -2.35. The zero-order chi connectivity index (χ0) is 14.9. The molecule has 8 heteroatoms. The fraction of sp³-hybridized carbons (Fsp3) is 0.357. The second kappa shape index (κ2) is 5.21. The van der Waals surface area contributed by atoms with Crippen molar-refractivity contribution in [3.05, 3.63) is 36.3 Å². The summed E-state index contributed by atoms with van der Waals surface area (Å²) in [4.78, 5) is 4.51. The topological polar surface area (TPSA) is 75.3 Å². The Morgan fingerprint density at radius 2 is 1.64 bits per heavy atom. The van der Waals surface area contributed by atoms with E-state index in [0.717, 1.165) is 49.3 Å². The Morgan fingerprint density at radius 1 is 0.864 bits per heavy atom. The van der Waals surface area contributed by atoms with E-state index in [-0.39, 0.29) is 0 Å². The Balaban J connectivity index is 1.51. The average molecular weight is 296 g/mol. The molecule has 0 bridgehead atoms. The van der Waals surface area contributed by atoms with E-state index in [9.17, 15) is 0 Å². The van der Waals surface area contributed by atoms with Crippen molar-refractivity contribution in [1.29, 1.82) is 0 Å². The Hall–Kier alpha value is -2.77. The second-order valence-electron chi connectivity index (χ2n) is 5.26. The van der Waals surface area contributed by atoms with Crippen LogP contribution in [0.3, 0.4) is 0 Å². The minimum Gasteiger partial charge on any atom is -0.352 e. The number of anilines is 2. The number of piperazine rings is 1. The van der Waals surface area contributed by atoms with Gasteiger partial charge in [-0.05, 0) is 31.2 Å². The van der Waals surface area contributed by atoms with Crippen LogP contribution in [0.25, 0.3) is 5.65 Å². The first kappa shape index (κ1) is 12.9. The largest absolute Gasteiger partial charge is 0.352 e. The zero-order valence-corrected chi connectivity index (χ0v) is 12.3. The molecule has 4 heterocycles. The van der Waals surface area contributed by atoms with E-state index in [4.69, 9.17) is 0 Å². The van der Waals surface area contributed by atoms with Crippen molar-refractivity contribution in [1.82, 2.24) is 30.0 Å². The van der Waals surface area contributed by atoms with Gasteiger partial charge in [-0.15, -0.1) is 20.4 Å². The van der Waals surface area contributed by atoms with Crippen LogP contribution in [0, 0.1) is 6.92 Å². The Morgan fingerprint density at radius 3 is 2.36 bits per heavy atom. The molecule has 22 heavy (non-hydrogen) atoms. The number of aromatic nitrogens is 6. The zero-order valence-electron chi connectivity index (χ0n) is 12.3. The lowest BCUT2D eigenvalue weighted by Crippen LogP contribution is -2.47. The van der Waals surface area contributed by atoms with Crippen LogP contribution in [0.1, 0.15) is 5.82 Å². The fourth-order valence-corrected chi connectivity index (χ4v) is 2.68. The average Bonchev–Trinajstić information content (AvgIpc) is 2.96. The van der Waals surface area contributed by atoms with E-state index in [2.05, 4.69) is 35.3 Å². The van der Waals surface area contributed by atoms with E-state index in [1.165, 1.54) is 0 Å². The summed E-state index contributed by atoms with van der Waals surface area (Å²) < 4.78 is 1.78. The summed E-state index contributed by atoms with van der Waals surface area (Å²) in [5, 5.41) is 20.8. The van der Waals surface area contributed by atoms with E-state index in [0.29, 0.717) is 0 Å². The molecule has 0 aromatic carbocycles. The maximum atomic E-state index is 4.63. The van der Waals surface area contributed by atoms with Crippen molar-refractivity contribution in [2.75, 3.05) is 36.0 Å². The van der Waals surface area contributed by atoms with Crippen molar-refractivity contribution in [3.8, 4) is 0 Å². The van der Waals surface area contributed by atoms with Crippen molar-refractivity contribution in [2.24, 2.45) is 0 Å². The monoisotopic (exact) mass is 296 g/mol. The first-order valence-corrected chi connectivity index (χ1v) is 7.28. The summed E-state index contributed by atoms with van der Waals surface area (Å²) in [6.45, 7) is 5.51. The molecule has 1 saturated heterocycles. The van der Waals surface area contributed by atoms with E-state index in [1.807, 2.05) is 31.2 Å². The SMILES string of the molecule is Cc1nnc2ccc(N3CCN(c4cccnn4)CC3)nn12. The Labute approximate surface area is 127 Å². The highest BCUT2D eigenvalue weighted by molar-refractivity contribution is 5.48. The molecule has 0 amide bonds. The normalized spacial score (nSPS) is 15.5. The predicted octanol–water partition coefficient (Wildman–Crippen LogP) is 0.549. The molecule has 0 N–H and O–H groups in total. The molecule has 0 unspecified atom stereocenters. The minimum absolute atomic E-state index is 0.777. The van der Waals surface area contributed by atoms with Gasteiger partial charge in [0.05, 0.1) is 0 Å². The molecular weight excluding hydrogens is 280 g/mol. The van der Waals surface area contributed by atoms with Crippen LogP contribution >= 0.6 is 0 Å². The summed E-state index contributed by atoms with van der Waals surface area (Å²) in [6.07, 6.45) is 1.69. The molecule has 0 saturated carbocycles. The third-order valence-corrected chi connectivity index (χ3v) is 3.89. The van der Waals surface area contributed by atoms with Gasteiger partial charge in [-0.25, -0.2) is 0 Å². The maximum absolute atomic E-state index is 4.63. The fourth-order valence-electron chi connectivity index (χ4n) is 2.68. The molecule has 8 nitrogen and oxygen atoms in total. The quantitative estimate of drug-likeness (QED) is 0.683. The molecule has 0 radical (unpaired) electrons. The third kappa shape index (κ3) is 2.22. The van der Waals surface area contributed by atoms with Crippen LogP contribution in [0.15, 0.2) is 30.5 Å². The molecule has 1 fully saturated rings. The third-order valence-electron chi connectivity index (χ3n) is 3.89. The summed E-state index contributed by atoms with van der Waals surface area (Å²) in [5.41, 5.74) is 0.777. The number of hydrogen-bond acceptors (Lipinski definition) is 7. The number of fused-ring (bicyclic) bond motifs is 1. The van der Waals surface area contributed by atoms with Gasteiger partial charge in [0.2, 0.25) is 0 Å². The van der Waals surface area contributed by atoms with Crippen LogP contribution in [-0.2, 0) is 0 Å². The van der Waals surface area contributed by atoms with E-state index in [1.54, 1.807) is 10.7 Å². The molecule has 4 rings (SSSR count). The summed E-state index contributed by atoms with van der Waals surface area (Å²) in [5.74, 6) is 2.68. The van der Waals surface area contributed by atoms with E-state index < -0.39 is 0 Å². The molecule has 112 valence electrons. The smallest absolute Gasteiger partial charge is 0.178 e. The lowest BCUT2D eigenvalue weighted by atomic mass is 10.3. The van der Waals surface area contributed by atoms with Gasteiger partial charge < -0.3 is 9.80 Å². The lowest BCUT2D eigenvalue weighted by molar-refractivity contribution is 0.632. The summed E-state index contributed by atoms with van der Waals surface area (Å²) in [6, 6.07) is 7.87. The molecule has 0 atom stereocenters. The van der Waals surface area contributed by atoms with Crippen LogP contribution in [0.4, 0.5) is 11.6 Å². The maximum Gasteiger partial charge on any atom is 0.178 e. The van der Waals surface area contributed by atoms with Gasteiger partial charge >= 0.3 is 0 Å². The van der Waals surface area contributed by atoms with E-state index >= 15 is 0 Å². The van der Waals surface area contributed by atoms with Gasteiger partial charge in [-0.3, -0.25) is 0 Å². The highest BCUT2D eigenvalue weighted by atomic mass is 15.4. The van der Waals surface area contributed by atoms with Gasteiger partial charge in [-0.2, -0.15) is 9.61 Å². The highest BCUT2D eigenvalue weighted by Gasteiger charge is 2.19. The Kier molecular flexibility index (Phi) is 3.06. The van der Waals surface area contributed by atoms with Gasteiger partial charge in [0.1, 0.15) is 5.82 Å². The molecule has 3 aromatic rings. The first-order chi connectivity index (χ1) is 10.8. The second-order valence-corrected chi connectivity index (χ2v) is 5.26. The molecule has 1 aliphatic rings. The Bertz CT molecular complexity index is 776.